The molecule has 0 saturated heterocycles. The third kappa shape index (κ3) is 5.66. The molecule has 13 rings (SSSR count). The van der Waals surface area contributed by atoms with Crippen LogP contribution < -0.4 is 0 Å². The highest BCUT2D eigenvalue weighted by atomic mass is 15.0. The lowest BCUT2D eigenvalue weighted by atomic mass is 9.92. The van der Waals surface area contributed by atoms with E-state index in [9.17, 15) is 0 Å². The van der Waals surface area contributed by atoms with Gasteiger partial charge < -0.3 is 4.40 Å². The summed E-state index contributed by atoms with van der Waals surface area (Å²) in [5.74, 6) is 1.91. The lowest BCUT2D eigenvalue weighted by molar-refractivity contribution is 1.08. The number of benzene rings is 10. The highest BCUT2D eigenvalue weighted by Crippen LogP contribution is 2.43. The smallest absolute Gasteiger partial charge is 0.164 e. The fourth-order valence-electron chi connectivity index (χ4n) is 9.86. The minimum Gasteiger partial charge on any atom is -0.308 e. The van der Waals surface area contributed by atoms with Crippen LogP contribution in [0.15, 0.2) is 218 Å². The van der Waals surface area contributed by atoms with E-state index in [1.807, 2.05) is 6.07 Å². The Kier molecular flexibility index (Phi) is 7.87. The van der Waals surface area contributed by atoms with Crippen LogP contribution >= 0.6 is 0 Å². The fourth-order valence-corrected chi connectivity index (χ4v) is 9.86. The largest absolute Gasteiger partial charge is 0.308 e. The number of hydrogen-bond acceptors (Lipinski definition) is 3. The molecule has 4 nitrogen and oxygen atoms in total. The number of pyridine rings is 1. The Morgan fingerprint density at radius 2 is 0.794 bits per heavy atom. The maximum atomic E-state index is 5.20. The Morgan fingerprint density at radius 3 is 1.62 bits per heavy atom. The molecule has 4 heteroatoms. The van der Waals surface area contributed by atoms with Crippen LogP contribution in [0.4, 0.5) is 0 Å². The maximum absolute atomic E-state index is 5.20. The molecule has 3 heterocycles. The first-order valence-electron chi connectivity index (χ1n) is 21.4. The van der Waals surface area contributed by atoms with E-state index in [0.717, 1.165) is 44.2 Å². The lowest BCUT2D eigenvalue weighted by Crippen LogP contribution is -2.00. The monoisotopic (exact) mass is 800 g/mol. The Hall–Kier alpha value is -8.47. The minimum atomic E-state index is 0.628. The zero-order valence-electron chi connectivity index (χ0n) is 34.1. The Morgan fingerprint density at radius 1 is 0.270 bits per heavy atom. The SMILES string of the molecule is c1ccc(-c2ccc(-c3nc(-c4cccc(-c5cccc(-c6ccc7c8c6cccc8c6cccc8c9ccccc9n7c68)c5)c4)nc(-c4cccc5ccccc45)n3)cc2)cc1. The van der Waals surface area contributed by atoms with Crippen LogP contribution in [0.5, 0.6) is 0 Å². The molecule has 0 radical (unpaired) electrons. The van der Waals surface area contributed by atoms with Gasteiger partial charge in [-0.1, -0.05) is 194 Å². The fraction of sp³-hybridized carbons (Fsp3) is 0. The van der Waals surface area contributed by atoms with Crippen molar-refractivity contribution in [2.75, 3.05) is 0 Å². The standard InChI is InChI=1S/C59H36N4/c1-2-13-37(14-3-1)38-29-31-40(32-30-38)57-60-58(62-59(61-57)52-27-10-16-39-15-4-5-21-45(39)52)44-20-9-18-42(36-44)41-17-8-19-43(35-41)46-33-34-54-55-48(46)23-11-24-49(55)51-26-12-25-50-47-22-6-7-28-53(47)63(54)56(50)51/h1-36H. The van der Waals surface area contributed by atoms with E-state index in [2.05, 4.69) is 217 Å². The van der Waals surface area contributed by atoms with Gasteiger partial charge in [-0.3, -0.25) is 0 Å². The highest BCUT2D eigenvalue weighted by Gasteiger charge is 2.20. The average Bonchev–Trinajstić information content (AvgIpc) is 3.70. The van der Waals surface area contributed by atoms with Gasteiger partial charge in [-0.25, -0.2) is 15.0 Å². The molecule has 0 aliphatic heterocycles. The van der Waals surface area contributed by atoms with Crippen molar-refractivity contribution in [3.63, 3.8) is 0 Å². The van der Waals surface area contributed by atoms with Gasteiger partial charge in [0.05, 0.1) is 16.6 Å². The van der Waals surface area contributed by atoms with Crippen molar-refractivity contribution in [1.82, 2.24) is 19.4 Å². The van der Waals surface area contributed by atoms with Crippen LogP contribution in [-0.2, 0) is 0 Å². The summed E-state index contributed by atoms with van der Waals surface area (Å²) in [5.41, 5.74) is 13.5. The van der Waals surface area contributed by atoms with Gasteiger partial charge in [0.25, 0.3) is 0 Å². The maximum Gasteiger partial charge on any atom is 0.164 e. The van der Waals surface area contributed by atoms with Crippen molar-refractivity contribution in [2.24, 2.45) is 0 Å². The van der Waals surface area contributed by atoms with E-state index >= 15 is 0 Å². The first-order valence-corrected chi connectivity index (χ1v) is 21.4. The second-order valence-electron chi connectivity index (χ2n) is 16.4. The normalized spacial score (nSPS) is 11.8. The second-order valence-corrected chi connectivity index (χ2v) is 16.4. The summed E-state index contributed by atoms with van der Waals surface area (Å²) in [7, 11) is 0. The summed E-state index contributed by atoms with van der Waals surface area (Å²) in [6.07, 6.45) is 0. The highest BCUT2D eigenvalue weighted by molar-refractivity contribution is 6.28. The molecule has 0 aliphatic rings. The topological polar surface area (TPSA) is 43.1 Å². The summed E-state index contributed by atoms with van der Waals surface area (Å²) < 4.78 is 2.47. The van der Waals surface area contributed by atoms with Gasteiger partial charge in [0.1, 0.15) is 0 Å². The summed E-state index contributed by atoms with van der Waals surface area (Å²) >= 11 is 0. The summed E-state index contributed by atoms with van der Waals surface area (Å²) in [6, 6.07) is 78.1. The van der Waals surface area contributed by atoms with E-state index in [0.29, 0.717) is 17.5 Å². The molecule has 0 saturated carbocycles. The zero-order valence-corrected chi connectivity index (χ0v) is 34.1. The molecule has 13 aromatic rings. The number of nitrogens with zero attached hydrogens (tertiary/aromatic N) is 4. The summed E-state index contributed by atoms with van der Waals surface area (Å²) in [6.45, 7) is 0. The molecular weight excluding hydrogens is 765 g/mol. The molecule has 3 aromatic heterocycles. The van der Waals surface area contributed by atoms with E-state index in [1.54, 1.807) is 0 Å². The van der Waals surface area contributed by atoms with Crippen molar-refractivity contribution in [3.05, 3.63) is 218 Å². The molecule has 0 bridgehead atoms. The van der Waals surface area contributed by atoms with Gasteiger partial charge in [0.2, 0.25) is 0 Å². The molecule has 63 heavy (non-hydrogen) atoms. The first kappa shape index (κ1) is 35.3. The van der Waals surface area contributed by atoms with Crippen molar-refractivity contribution in [1.29, 1.82) is 0 Å². The molecule has 0 spiro atoms. The Balaban J connectivity index is 0.936. The van der Waals surface area contributed by atoms with E-state index in [4.69, 9.17) is 15.0 Å². The van der Waals surface area contributed by atoms with E-state index in [-0.39, 0.29) is 0 Å². The van der Waals surface area contributed by atoms with E-state index < -0.39 is 0 Å². The second kappa shape index (κ2) is 14.1. The third-order valence-corrected chi connectivity index (χ3v) is 12.8. The van der Waals surface area contributed by atoms with Gasteiger partial charge >= 0.3 is 0 Å². The molecule has 292 valence electrons. The quantitative estimate of drug-likeness (QED) is 0.124. The number of rotatable bonds is 6. The van der Waals surface area contributed by atoms with Crippen molar-refractivity contribution < 1.29 is 0 Å². The van der Waals surface area contributed by atoms with Crippen LogP contribution in [0, 0.1) is 0 Å². The van der Waals surface area contributed by atoms with Crippen molar-refractivity contribution in [2.45, 2.75) is 0 Å². The van der Waals surface area contributed by atoms with Crippen LogP contribution in [0.25, 0.3) is 127 Å². The third-order valence-electron chi connectivity index (χ3n) is 12.8. The van der Waals surface area contributed by atoms with Gasteiger partial charge in [-0.05, 0) is 79.2 Å². The molecular formula is C59H36N4. The molecule has 0 atom stereocenters. The molecule has 0 aliphatic carbocycles. The van der Waals surface area contributed by atoms with Crippen molar-refractivity contribution >= 4 is 59.6 Å². The van der Waals surface area contributed by atoms with Crippen LogP contribution in [0.3, 0.4) is 0 Å². The van der Waals surface area contributed by atoms with Gasteiger partial charge in [0, 0.05) is 38.2 Å². The molecule has 0 fully saturated rings. The predicted molar refractivity (Wildman–Crippen MR) is 262 cm³/mol. The van der Waals surface area contributed by atoms with Crippen LogP contribution in [0.1, 0.15) is 0 Å². The zero-order chi connectivity index (χ0) is 41.4. The molecule has 0 N–H and O–H groups in total. The molecule has 0 amide bonds. The number of hydrogen-bond donors (Lipinski definition) is 0. The first-order chi connectivity index (χ1) is 31.2. The molecule has 10 aromatic carbocycles. The average molecular weight is 801 g/mol. The van der Waals surface area contributed by atoms with E-state index in [1.165, 1.54) is 65.6 Å². The van der Waals surface area contributed by atoms with Gasteiger partial charge in [-0.2, -0.15) is 0 Å². The summed E-state index contributed by atoms with van der Waals surface area (Å²) in [4.78, 5) is 15.5. The summed E-state index contributed by atoms with van der Waals surface area (Å²) in [5, 5.41) is 9.90. The number of fused-ring (bicyclic) bond motifs is 6. The Bertz CT molecular complexity index is 3900. The van der Waals surface area contributed by atoms with Crippen LogP contribution in [0.2, 0.25) is 0 Å². The molecule has 0 unspecified atom stereocenters. The predicted octanol–water partition coefficient (Wildman–Crippen LogP) is 15.3. The minimum absolute atomic E-state index is 0.628. The van der Waals surface area contributed by atoms with Crippen molar-refractivity contribution in [3.8, 4) is 67.5 Å². The number of aromatic nitrogens is 4. The van der Waals surface area contributed by atoms with Gasteiger partial charge in [0.15, 0.2) is 17.5 Å². The van der Waals surface area contributed by atoms with Crippen LogP contribution in [-0.4, -0.2) is 19.4 Å². The lowest BCUT2D eigenvalue weighted by Gasteiger charge is -2.16. The van der Waals surface area contributed by atoms with Gasteiger partial charge in [-0.15, -0.1) is 0 Å². The number of para-hydroxylation sites is 2. The Labute approximate surface area is 363 Å².